The highest BCUT2D eigenvalue weighted by molar-refractivity contribution is 5.37. The Labute approximate surface area is 99.5 Å². The Hall–Kier alpha value is -2.11. The first-order valence-electron chi connectivity index (χ1n) is 5.44. The predicted octanol–water partition coefficient (Wildman–Crippen LogP) is 1.60. The van der Waals surface area contributed by atoms with Gasteiger partial charge in [-0.05, 0) is 13.8 Å². The van der Waals surface area contributed by atoms with Crippen molar-refractivity contribution >= 4 is 5.82 Å². The minimum Gasteiger partial charge on any atom is -0.475 e. The summed E-state index contributed by atoms with van der Waals surface area (Å²) in [6.07, 6.45) is 4.99. The lowest BCUT2D eigenvalue weighted by Gasteiger charge is -2.09. The van der Waals surface area contributed by atoms with Gasteiger partial charge in [-0.15, -0.1) is 0 Å². The Balaban J connectivity index is 1.96. The molecule has 0 unspecified atom stereocenters. The van der Waals surface area contributed by atoms with E-state index in [0.717, 1.165) is 11.5 Å². The number of anilines is 1. The van der Waals surface area contributed by atoms with Crippen LogP contribution in [0.1, 0.15) is 19.5 Å². The van der Waals surface area contributed by atoms with Gasteiger partial charge >= 0.3 is 0 Å². The Morgan fingerprint density at radius 3 is 3.00 bits per heavy atom. The van der Waals surface area contributed by atoms with Gasteiger partial charge in [-0.1, -0.05) is 0 Å². The highest BCUT2D eigenvalue weighted by Crippen LogP contribution is 2.12. The lowest BCUT2D eigenvalue weighted by atomic mass is 10.4. The summed E-state index contributed by atoms with van der Waals surface area (Å²) in [6, 6.07) is 1.77. The summed E-state index contributed by atoms with van der Waals surface area (Å²) >= 11 is 0. The zero-order valence-corrected chi connectivity index (χ0v) is 9.84. The van der Waals surface area contributed by atoms with E-state index in [1.807, 2.05) is 13.8 Å². The first-order chi connectivity index (χ1) is 8.24. The van der Waals surface area contributed by atoms with Crippen LogP contribution in [0.3, 0.4) is 0 Å². The van der Waals surface area contributed by atoms with Crippen LogP contribution >= 0.6 is 0 Å². The topological polar surface area (TPSA) is 75.7 Å². The van der Waals surface area contributed by atoms with Crippen molar-refractivity contribution in [2.75, 3.05) is 5.32 Å². The third kappa shape index (κ3) is 3.44. The molecule has 2 aromatic rings. The average Bonchev–Trinajstić information content (AvgIpc) is 2.79. The van der Waals surface area contributed by atoms with E-state index in [1.54, 1.807) is 18.6 Å². The number of ether oxygens (including phenoxy) is 1. The SMILES string of the molecule is CC(C)Oc1cc(NCc2cnc[nH]2)ncn1. The molecule has 0 bridgehead atoms. The van der Waals surface area contributed by atoms with Crippen LogP contribution in [0, 0.1) is 0 Å². The van der Waals surface area contributed by atoms with Gasteiger partial charge in [0.15, 0.2) is 0 Å². The molecule has 2 N–H and O–H groups in total. The molecule has 0 aliphatic rings. The lowest BCUT2D eigenvalue weighted by molar-refractivity contribution is 0.232. The van der Waals surface area contributed by atoms with E-state index >= 15 is 0 Å². The summed E-state index contributed by atoms with van der Waals surface area (Å²) in [6.45, 7) is 4.55. The van der Waals surface area contributed by atoms with Gasteiger partial charge in [0.2, 0.25) is 5.88 Å². The summed E-state index contributed by atoms with van der Waals surface area (Å²) in [4.78, 5) is 15.1. The van der Waals surface area contributed by atoms with Gasteiger partial charge in [0, 0.05) is 12.3 Å². The third-order valence-electron chi connectivity index (χ3n) is 2.01. The second kappa shape index (κ2) is 5.29. The van der Waals surface area contributed by atoms with Crippen molar-refractivity contribution in [2.45, 2.75) is 26.5 Å². The number of hydrogen-bond donors (Lipinski definition) is 2. The molecule has 6 nitrogen and oxygen atoms in total. The van der Waals surface area contributed by atoms with Crippen LogP contribution < -0.4 is 10.1 Å². The Morgan fingerprint density at radius 1 is 1.41 bits per heavy atom. The number of hydrogen-bond acceptors (Lipinski definition) is 5. The number of nitrogens with one attached hydrogen (secondary N) is 2. The number of imidazole rings is 1. The molecule has 0 saturated heterocycles. The average molecular weight is 233 g/mol. The van der Waals surface area contributed by atoms with E-state index in [9.17, 15) is 0 Å². The molecule has 0 aromatic carbocycles. The molecule has 90 valence electrons. The van der Waals surface area contributed by atoms with E-state index < -0.39 is 0 Å². The van der Waals surface area contributed by atoms with Crippen LogP contribution in [-0.4, -0.2) is 26.0 Å². The zero-order valence-electron chi connectivity index (χ0n) is 9.84. The first kappa shape index (κ1) is 11.4. The maximum atomic E-state index is 5.48. The third-order valence-corrected chi connectivity index (χ3v) is 2.01. The molecule has 17 heavy (non-hydrogen) atoms. The predicted molar refractivity (Wildman–Crippen MR) is 63.7 cm³/mol. The molecule has 0 aliphatic heterocycles. The number of aromatic nitrogens is 4. The fraction of sp³-hybridized carbons (Fsp3) is 0.364. The number of H-pyrrole nitrogens is 1. The van der Waals surface area contributed by atoms with Crippen LogP contribution in [0.25, 0.3) is 0 Å². The van der Waals surface area contributed by atoms with Crippen LogP contribution in [0.2, 0.25) is 0 Å². The van der Waals surface area contributed by atoms with E-state index in [2.05, 4.69) is 25.3 Å². The van der Waals surface area contributed by atoms with Crippen molar-refractivity contribution in [3.63, 3.8) is 0 Å². The highest BCUT2D eigenvalue weighted by Gasteiger charge is 2.02. The number of rotatable bonds is 5. The van der Waals surface area contributed by atoms with Crippen molar-refractivity contribution in [2.24, 2.45) is 0 Å². The van der Waals surface area contributed by atoms with Crippen LogP contribution in [-0.2, 0) is 6.54 Å². The minimum absolute atomic E-state index is 0.102. The first-order valence-corrected chi connectivity index (χ1v) is 5.44. The van der Waals surface area contributed by atoms with Gasteiger partial charge in [-0.2, -0.15) is 0 Å². The fourth-order valence-corrected chi connectivity index (χ4v) is 1.31. The van der Waals surface area contributed by atoms with E-state index in [0.29, 0.717) is 12.4 Å². The zero-order chi connectivity index (χ0) is 12.1. The molecular weight excluding hydrogens is 218 g/mol. The van der Waals surface area contributed by atoms with Crippen LogP contribution in [0.5, 0.6) is 5.88 Å². The number of nitrogens with zero attached hydrogens (tertiary/aromatic N) is 3. The summed E-state index contributed by atoms with van der Waals surface area (Å²) in [5.74, 6) is 1.30. The molecule has 0 fully saturated rings. The molecule has 0 spiro atoms. The Morgan fingerprint density at radius 2 is 2.29 bits per heavy atom. The smallest absolute Gasteiger partial charge is 0.218 e. The normalized spacial score (nSPS) is 10.5. The largest absolute Gasteiger partial charge is 0.475 e. The van der Waals surface area contributed by atoms with Crippen molar-refractivity contribution < 1.29 is 4.74 Å². The molecule has 6 heteroatoms. The van der Waals surface area contributed by atoms with Gasteiger partial charge in [-0.25, -0.2) is 15.0 Å². The van der Waals surface area contributed by atoms with E-state index in [1.165, 1.54) is 6.33 Å². The Kier molecular flexibility index (Phi) is 3.54. The Bertz CT molecular complexity index is 455. The van der Waals surface area contributed by atoms with Crippen molar-refractivity contribution in [1.82, 2.24) is 19.9 Å². The molecular formula is C11H15N5O. The summed E-state index contributed by atoms with van der Waals surface area (Å²) < 4.78 is 5.48. The quantitative estimate of drug-likeness (QED) is 0.820. The number of aromatic amines is 1. The molecule has 0 radical (unpaired) electrons. The second-order valence-electron chi connectivity index (χ2n) is 3.84. The van der Waals surface area contributed by atoms with E-state index in [4.69, 9.17) is 4.74 Å². The summed E-state index contributed by atoms with van der Waals surface area (Å²) in [7, 11) is 0. The standard InChI is InChI=1S/C11H15N5O/c1-8(2)17-11-3-10(15-7-16-11)13-5-9-4-12-6-14-9/h3-4,6-8H,5H2,1-2H3,(H,12,14)(H,13,15,16). The van der Waals surface area contributed by atoms with Gasteiger partial charge < -0.3 is 15.0 Å². The summed E-state index contributed by atoms with van der Waals surface area (Å²) in [5, 5.41) is 3.16. The van der Waals surface area contributed by atoms with Crippen molar-refractivity contribution in [3.05, 3.63) is 30.6 Å². The van der Waals surface area contributed by atoms with Crippen molar-refractivity contribution in [3.8, 4) is 5.88 Å². The summed E-state index contributed by atoms with van der Waals surface area (Å²) in [5.41, 5.74) is 0.995. The second-order valence-corrected chi connectivity index (χ2v) is 3.84. The fourth-order valence-electron chi connectivity index (χ4n) is 1.31. The highest BCUT2D eigenvalue weighted by atomic mass is 16.5. The van der Waals surface area contributed by atoms with E-state index in [-0.39, 0.29) is 6.10 Å². The van der Waals surface area contributed by atoms with Crippen LogP contribution in [0.15, 0.2) is 24.9 Å². The molecule has 2 aromatic heterocycles. The van der Waals surface area contributed by atoms with Crippen LogP contribution in [0.4, 0.5) is 5.82 Å². The molecule has 2 heterocycles. The maximum absolute atomic E-state index is 5.48. The molecule has 2 rings (SSSR count). The molecule has 0 saturated carbocycles. The molecule has 0 atom stereocenters. The monoisotopic (exact) mass is 233 g/mol. The lowest BCUT2D eigenvalue weighted by Crippen LogP contribution is -2.08. The molecule has 0 amide bonds. The van der Waals surface area contributed by atoms with Gasteiger partial charge in [-0.3, -0.25) is 0 Å². The molecule has 0 aliphatic carbocycles. The van der Waals surface area contributed by atoms with Gasteiger partial charge in [0.25, 0.3) is 0 Å². The van der Waals surface area contributed by atoms with Gasteiger partial charge in [0.1, 0.15) is 12.1 Å². The van der Waals surface area contributed by atoms with Crippen molar-refractivity contribution in [1.29, 1.82) is 0 Å². The van der Waals surface area contributed by atoms with Gasteiger partial charge in [0.05, 0.1) is 24.7 Å². The maximum Gasteiger partial charge on any atom is 0.218 e. The minimum atomic E-state index is 0.102.